The molecule has 1 heterocycles. The third kappa shape index (κ3) is 5.71. The lowest BCUT2D eigenvalue weighted by molar-refractivity contribution is 0.0952. The minimum Gasteiger partial charge on any atom is -0.385 e. The zero-order valence-corrected chi connectivity index (χ0v) is 13.7. The number of amides is 1. The van der Waals surface area contributed by atoms with Crippen molar-refractivity contribution in [1.82, 2.24) is 15.2 Å². The quantitative estimate of drug-likeness (QED) is 0.686. The summed E-state index contributed by atoms with van der Waals surface area (Å²) < 4.78 is 0. The van der Waals surface area contributed by atoms with Crippen LogP contribution in [0.15, 0.2) is 12.3 Å². The third-order valence-corrected chi connectivity index (χ3v) is 3.48. The Balaban J connectivity index is 2.52. The zero-order valence-electron chi connectivity index (χ0n) is 13.7. The number of pyridine rings is 1. The van der Waals surface area contributed by atoms with Gasteiger partial charge in [-0.1, -0.05) is 13.8 Å². The van der Waals surface area contributed by atoms with Gasteiger partial charge in [-0.05, 0) is 46.0 Å². The van der Waals surface area contributed by atoms with Gasteiger partial charge in [-0.2, -0.15) is 0 Å². The van der Waals surface area contributed by atoms with Gasteiger partial charge in [0.25, 0.3) is 5.91 Å². The highest BCUT2D eigenvalue weighted by Crippen LogP contribution is 2.15. The molecule has 0 spiro atoms. The molecule has 0 aliphatic carbocycles. The van der Waals surface area contributed by atoms with Crippen molar-refractivity contribution >= 4 is 11.6 Å². The van der Waals surface area contributed by atoms with Crippen molar-refractivity contribution in [3.05, 3.63) is 23.5 Å². The van der Waals surface area contributed by atoms with E-state index in [1.54, 1.807) is 6.20 Å². The number of nitrogens with one attached hydrogen (secondary N) is 2. The summed E-state index contributed by atoms with van der Waals surface area (Å²) in [5.74, 6) is -0.0574. The van der Waals surface area contributed by atoms with Gasteiger partial charge in [-0.15, -0.1) is 0 Å². The number of rotatable bonds is 9. The van der Waals surface area contributed by atoms with Gasteiger partial charge in [0, 0.05) is 25.0 Å². The summed E-state index contributed by atoms with van der Waals surface area (Å²) in [7, 11) is 0. The fourth-order valence-electron chi connectivity index (χ4n) is 2.22. The van der Waals surface area contributed by atoms with Crippen molar-refractivity contribution < 1.29 is 4.79 Å². The molecule has 0 saturated carbocycles. The molecule has 1 aromatic rings. The van der Waals surface area contributed by atoms with Gasteiger partial charge in [0.15, 0.2) is 0 Å². The summed E-state index contributed by atoms with van der Waals surface area (Å²) in [6.07, 6.45) is 2.61. The van der Waals surface area contributed by atoms with Crippen LogP contribution < -0.4 is 10.6 Å². The molecule has 0 atom stereocenters. The van der Waals surface area contributed by atoms with Crippen LogP contribution in [0.3, 0.4) is 0 Å². The molecule has 0 aromatic carbocycles. The molecule has 1 rings (SSSR count). The lowest BCUT2D eigenvalue weighted by atomic mass is 10.2. The molecule has 21 heavy (non-hydrogen) atoms. The second-order valence-electron chi connectivity index (χ2n) is 5.04. The fraction of sp³-hybridized carbons (Fsp3) is 0.625. The molecule has 5 nitrogen and oxygen atoms in total. The molecule has 0 aliphatic heterocycles. The first kappa shape index (κ1) is 17.4. The van der Waals surface area contributed by atoms with Gasteiger partial charge < -0.3 is 15.5 Å². The molecule has 1 amide bonds. The van der Waals surface area contributed by atoms with Crippen molar-refractivity contribution in [3.63, 3.8) is 0 Å². The van der Waals surface area contributed by atoms with E-state index in [0.717, 1.165) is 44.0 Å². The first-order valence-electron chi connectivity index (χ1n) is 7.83. The van der Waals surface area contributed by atoms with Gasteiger partial charge >= 0.3 is 0 Å². The summed E-state index contributed by atoms with van der Waals surface area (Å²) in [6, 6.07) is 1.91. The van der Waals surface area contributed by atoms with Crippen LogP contribution in [0.1, 0.15) is 43.2 Å². The number of carbonyl (C=O) groups excluding carboxylic acids is 1. The van der Waals surface area contributed by atoms with E-state index in [2.05, 4.69) is 34.4 Å². The van der Waals surface area contributed by atoms with Crippen LogP contribution in [-0.2, 0) is 0 Å². The Morgan fingerprint density at radius 3 is 2.62 bits per heavy atom. The van der Waals surface area contributed by atoms with Crippen molar-refractivity contribution in [3.8, 4) is 0 Å². The predicted molar refractivity (Wildman–Crippen MR) is 87.9 cm³/mol. The topological polar surface area (TPSA) is 57.3 Å². The van der Waals surface area contributed by atoms with Crippen molar-refractivity contribution in [1.29, 1.82) is 0 Å². The van der Waals surface area contributed by atoms with Crippen LogP contribution in [0, 0.1) is 6.92 Å². The van der Waals surface area contributed by atoms with E-state index in [4.69, 9.17) is 0 Å². The number of carbonyl (C=O) groups is 1. The standard InChI is InChI=1S/C16H28N4O/c1-5-17-15-11-13(4)19-12-14(15)16(21)18-9-8-10-20(6-2)7-3/h11-12H,5-10H2,1-4H3,(H,17,19)(H,18,21). The van der Waals surface area contributed by atoms with Gasteiger partial charge in [0.2, 0.25) is 0 Å². The maximum atomic E-state index is 12.2. The van der Waals surface area contributed by atoms with E-state index >= 15 is 0 Å². The minimum absolute atomic E-state index is 0.0574. The molecule has 5 heteroatoms. The Morgan fingerprint density at radius 1 is 1.29 bits per heavy atom. The van der Waals surface area contributed by atoms with E-state index in [0.29, 0.717) is 12.1 Å². The average molecular weight is 292 g/mol. The summed E-state index contributed by atoms with van der Waals surface area (Å²) >= 11 is 0. The van der Waals surface area contributed by atoms with Crippen molar-refractivity contribution in [2.45, 2.75) is 34.1 Å². The Hall–Kier alpha value is -1.62. The monoisotopic (exact) mass is 292 g/mol. The van der Waals surface area contributed by atoms with Crippen LogP contribution in [-0.4, -0.2) is 48.5 Å². The molecule has 0 unspecified atom stereocenters. The molecule has 1 aromatic heterocycles. The number of aryl methyl sites for hydroxylation is 1. The van der Waals surface area contributed by atoms with Crippen LogP contribution >= 0.6 is 0 Å². The van der Waals surface area contributed by atoms with E-state index < -0.39 is 0 Å². The fourth-order valence-corrected chi connectivity index (χ4v) is 2.22. The number of hydrogen-bond acceptors (Lipinski definition) is 4. The molecule has 0 bridgehead atoms. The molecule has 0 saturated heterocycles. The maximum absolute atomic E-state index is 12.2. The first-order chi connectivity index (χ1) is 10.1. The minimum atomic E-state index is -0.0574. The van der Waals surface area contributed by atoms with E-state index in [-0.39, 0.29) is 5.91 Å². The van der Waals surface area contributed by atoms with Crippen LogP contribution in [0.4, 0.5) is 5.69 Å². The third-order valence-electron chi connectivity index (χ3n) is 3.48. The van der Waals surface area contributed by atoms with Crippen molar-refractivity contribution in [2.75, 3.05) is 38.0 Å². The Kier molecular flexibility index (Phi) is 7.75. The number of nitrogens with zero attached hydrogens (tertiary/aromatic N) is 2. The summed E-state index contributed by atoms with van der Waals surface area (Å²) in [4.78, 5) is 18.8. The second kappa shape index (κ2) is 9.34. The molecule has 0 fully saturated rings. The highest BCUT2D eigenvalue weighted by atomic mass is 16.1. The summed E-state index contributed by atoms with van der Waals surface area (Å²) in [5.41, 5.74) is 2.38. The van der Waals surface area contributed by atoms with Gasteiger partial charge in [-0.25, -0.2) is 0 Å². The summed E-state index contributed by atoms with van der Waals surface area (Å²) in [6.45, 7) is 12.8. The summed E-state index contributed by atoms with van der Waals surface area (Å²) in [5, 5.41) is 6.19. The van der Waals surface area contributed by atoms with Crippen LogP contribution in [0.5, 0.6) is 0 Å². The van der Waals surface area contributed by atoms with Crippen LogP contribution in [0.25, 0.3) is 0 Å². The first-order valence-corrected chi connectivity index (χ1v) is 7.83. The predicted octanol–water partition coefficient (Wildman–Crippen LogP) is 2.28. The highest BCUT2D eigenvalue weighted by molar-refractivity contribution is 5.99. The second-order valence-corrected chi connectivity index (χ2v) is 5.04. The smallest absolute Gasteiger partial charge is 0.254 e. The molecule has 2 N–H and O–H groups in total. The van der Waals surface area contributed by atoms with Gasteiger partial charge in [0.1, 0.15) is 0 Å². The Morgan fingerprint density at radius 2 is 2.00 bits per heavy atom. The van der Waals surface area contributed by atoms with Gasteiger partial charge in [0.05, 0.1) is 11.3 Å². The molecular weight excluding hydrogens is 264 g/mol. The van der Waals surface area contributed by atoms with E-state index in [1.807, 2.05) is 19.9 Å². The Labute approximate surface area is 128 Å². The SMILES string of the molecule is CCNc1cc(C)ncc1C(=O)NCCCN(CC)CC. The van der Waals surface area contributed by atoms with E-state index in [1.165, 1.54) is 0 Å². The van der Waals surface area contributed by atoms with Gasteiger partial charge in [-0.3, -0.25) is 9.78 Å². The highest BCUT2D eigenvalue weighted by Gasteiger charge is 2.11. The zero-order chi connectivity index (χ0) is 15.7. The average Bonchev–Trinajstić information content (AvgIpc) is 2.47. The Bertz CT molecular complexity index is 444. The molecule has 118 valence electrons. The maximum Gasteiger partial charge on any atom is 0.254 e. The van der Waals surface area contributed by atoms with Crippen molar-refractivity contribution in [2.24, 2.45) is 0 Å². The van der Waals surface area contributed by atoms with Crippen LogP contribution in [0.2, 0.25) is 0 Å². The molecule has 0 aliphatic rings. The normalized spacial score (nSPS) is 10.7. The lowest BCUT2D eigenvalue weighted by Gasteiger charge is -2.18. The molecule has 0 radical (unpaired) electrons. The largest absolute Gasteiger partial charge is 0.385 e. The van der Waals surface area contributed by atoms with E-state index in [9.17, 15) is 4.79 Å². The molecular formula is C16H28N4O. The number of hydrogen-bond donors (Lipinski definition) is 2. The number of aromatic nitrogens is 1. The number of anilines is 1. The lowest BCUT2D eigenvalue weighted by Crippen LogP contribution is -2.30.